The summed E-state index contributed by atoms with van der Waals surface area (Å²) in [5.74, 6) is -0.391. The van der Waals surface area contributed by atoms with Gasteiger partial charge in [0.2, 0.25) is 0 Å². The predicted molar refractivity (Wildman–Crippen MR) is 68.9 cm³/mol. The van der Waals surface area contributed by atoms with E-state index in [1.165, 1.54) is 6.26 Å². The molecule has 0 saturated heterocycles. The molecule has 7 nitrogen and oxygen atoms in total. The predicted octanol–water partition coefficient (Wildman–Crippen LogP) is 1.86. The summed E-state index contributed by atoms with van der Waals surface area (Å²) in [5.41, 5.74) is 0.281. The molecule has 0 amide bonds. The second-order valence-electron chi connectivity index (χ2n) is 4.88. The molecule has 1 N–H and O–H groups in total. The Balaban J connectivity index is 2.43. The number of aromatic nitrogens is 4. The Morgan fingerprint density at radius 1 is 1.47 bits per heavy atom. The first-order valence-electron chi connectivity index (χ1n) is 5.61. The van der Waals surface area contributed by atoms with Crippen molar-refractivity contribution in [2.45, 2.75) is 31.5 Å². The molecule has 0 atom stereocenters. The molecule has 0 fully saturated rings. The fourth-order valence-electron chi connectivity index (χ4n) is 1.59. The summed E-state index contributed by atoms with van der Waals surface area (Å²) in [4.78, 5) is 10.7. The van der Waals surface area contributed by atoms with Gasteiger partial charge in [-0.25, -0.2) is 0 Å². The quantitative estimate of drug-likeness (QED) is 0.855. The average Bonchev–Trinajstić information content (AvgIpc) is 2.93. The topological polar surface area (TPSA) is 94.0 Å². The van der Waals surface area contributed by atoms with Crippen LogP contribution in [0, 0.1) is 0 Å². The highest BCUT2D eigenvalue weighted by Crippen LogP contribution is 2.29. The highest BCUT2D eigenvalue weighted by molar-refractivity contribution is 7.99. The molecule has 8 heteroatoms. The number of hydrogen-bond donors (Lipinski definition) is 1. The van der Waals surface area contributed by atoms with Crippen LogP contribution in [-0.2, 0) is 10.3 Å². The van der Waals surface area contributed by atoms with Crippen LogP contribution in [0.5, 0.6) is 0 Å². The third-order valence-corrected chi connectivity index (χ3v) is 3.21. The normalized spacial score (nSPS) is 11.7. The maximum Gasteiger partial charge on any atom is 0.313 e. The molecule has 0 aliphatic heterocycles. The van der Waals surface area contributed by atoms with Gasteiger partial charge in [-0.15, -0.1) is 10.2 Å². The van der Waals surface area contributed by atoms with E-state index in [1.807, 2.05) is 25.3 Å². The zero-order chi connectivity index (χ0) is 14.0. The molecule has 0 aromatic carbocycles. The highest BCUT2D eigenvalue weighted by atomic mass is 32.2. The molecule has 0 saturated carbocycles. The van der Waals surface area contributed by atoms with Crippen molar-refractivity contribution in [1.29, 1.82) is 0 Å². The molecular formula is C11H14N4O3S. The van der Waals surface area contributed by atoms with Crippen molar-refractivity contribution in [2.24, 2.45) is 0 Å². The molecule has 2 aromatic rings. The molecule has 0 unspecified atom stereocenters. The van der Waals surface area contributed by atoms with Gasteiger partial charge in [0.05, 0.1) is 5.75 Å². The largest absolute Gasteiger partial charge is 0.481 e. The van der Waals surface area contributed by atoms with Gasteiger partial charge in [-0.05, 0) is 20.8 Å². The fourth-order valence-corrected chi connectivity index (χ4v) is 2.43. The second kappa shape index (κ2) is 5.04. The lowest BCUT2D eigenvalue weighted by molar-refractivity contribution is -0.133. The van der Waals surface area contributed by atoms with Crippen LogP contribution in [0.2, 0.25) is 0 Å². The van der Waals surface area contributed by atoms with Crippen LogP contribution in [-0.4, -0.2) is 36.7 Å². The van der Waals surface area contributed by atoms with Crippen LogP contribution < -0.4 is 0 Å². The molecule has 0 bridgehead atoms. The zero-order valence-electron chi connectivity index (χ0n) is 10.8. The Kier molecular flexibility index (Phi) is 3.61. The zero-order valence-corrected chi connectivity index (χ0v) is 11.6. The van der Waals surface area contributed by atoms with E-state index in [0.717, 1.165) is 11.8 Å². The monoisotopic (exact) mass is 282 g/mol. The van der Waals surface area contributed by atoms with Crippen molar-refractivity contribution >= 4 is 17.7 Å². The number of aliphatic carboxylic acids is 1. The van der Waals surface area contributed by atoms with Crippen molar-refractivity contribution in [1.82, 2.24) is 19.9 Å². The van der Waals surface area contributed by atoms with Gasteiger partial charge >= 0.3 is 5.97 Å². The smallest absolute Gasteiger partial charge is 0.313 e. The van der Waals surface area contributed by atoms with E-state index >= 15 is 0 Å². The summed E-state index contributed by atoms with van der Waals surface area (Å²) in [7, 11) is 0. The Bertz CT molecular complexity index is 571. The number of thioether (sulfide) groups is 1. The minimum absolute atomic E-state index is 0.0625. The Labute approximate surface area is 114 Å². The van der Waals surface area contributed by atoms with Crippen LogP contribution in [0.1, 0.15) is 20.8 Å². The molecule has 2 rings (SSSR count). The van der Waals surface area contributed by atoms with E-state index in [-0.39, 0.29) is 11.3 Å². The number of carboxylic acids is 1. The van der Waals surface area contributed by atoms with E-state index < -0.39 is 5.97 Å². The van der Waals surface area contributed by atoms with Crippen LogP contribution in [0.25, 0.3) is 11.5 Å². The third kappa shape index (κ3) is 2.95. The number of rotatable bonds is 4. The van der Waals surface area contributed by atoms with E-state index in [4.69, 9.17) is 9.63 Å². The van der Waals surface area contributed by atoms with Gasteiger partial charge < -0.3 is 9.63 Å². The number of carbonyl (C=O) groups is 1. The Hall–Kier alpha value is -1.83. The molecule has 19 heavy (non-hydrogen) atoms. The molecule has 0 radical (unpaired) electrons. The lowest BCUT2D eigenvalue weighted by Gasteiger charge is -2.23. The molecule has 0 aliphatic rings. The minimum Gasteiger partial charge on any atom is -0.481 e. The van der Waals surface area contributed by atoms with E-state index in [0.29, 0.717) is 16.7 Å². The van der Waals surface area contributed by atoms with Crippen LogP contribution in [0.3, 0.4) is 0 Å². The van der Waals surface area contributed by atoms with Crippen molar-refractivity contribution in [3.63, 3.8) is 0 Å². The number of nitrogens with zero attached hydrogens (tertiary/aromatic N) is 4. The van der Waals surface area contributed by atoms with Crippen molar-refractivity contribution in [3.05, 3.63) is 12.3 Å². The van der Waals surface area contributed by atoms with Gasteiger partial charge in [-0.3, -0.25) is 9.36 Å². The van der Waals surface area contributed by atoms with Gasteiger partial charge in [-0.1, -0.05) is 16.9 Å². The lowest BCUT2D eigenvalue weighted by atomic mass is 10.1. The average molecular weight is 282 g/mol. The Morgan fingerprint density at radius 3 is 2.74 bits per heavy atom. The van der Waals surface area contributed by atoms with E-state index in [1.54, 1.807) is 6.07 Å². The maximum atomic E-state index is 10.7. The maximum absolute atomic E-state index is 10.7. The summed E-state index contributed by atoms with van der Waals surface area (Å²) < 4.78 is 6.67. The lowest BCUT2D eigenvalue weighted by Crippen LogP contribution is -2.24. The first-order valence-corrected chi connectivity index (χ1v) is 6.59. The summed E-state index contributed by atoms with van der Waals surface area (Å²) in [6.07, 6.45) is 1.46. The summed E-state index contributed by atoms with van der Waals surface area (Å²) in [6, 6.07) is 1.69. The van der Waals surface area contributed by atoms with Gasteiger partial charge in [0.25, 0.3) is 0 Å². The SMILES string of the molecule is CC(C)(C)n1c(SCC(=O)O)nnc1-c1ccon1. The van der Waals surface area contributed by atoms with Gasteiger partial charge in [0, 0.05) is 11.6 Å². The molecule has 0 aliphatic carbocycles. The van der Waals surface area contributed by atoms with Gasteiger partial charge in [0.1, 0.15) is 6.26 Å². The molecule has 102 valence electrons. The first kappa shape index (κ1) is 13.6. The minimum atomic E-state index is -0.892. The highest BCUT2D eigenvalue weighted by Gasteiger charge is 2.25. The van der Waals surface area contributed by atoms with Crippen molar-refractivity contribution in [2.75, 3.05) is 5.75 Å². The van der Waals surface area contributed by atoms with Crippen LogP contribution in [0.15, 0.2) is 22.0 Å². The molecule has 2 heterocycles. The second-order valence-corrected chi connectivity index (χ2v) is 5.82. The van der Waals surface area contributed by atoms with E-state index in [9.17, 15) is 4.79 Å². The van der Waals surface area contributed by atoms with E-state index in [2.05, 4.69) is 15.4 Å². The van der Waals surface area contributed by atoms with Crippen LogP contribution in [0.4, 0.5) is 0 Å². The van der Waals surface area contributed by atoms with Gasteiger partial charge in [-0.2, -0.15) is 0 Å². The summed E-state index contributed by atoms with van der Waals surface area (Å²) in [5, 5.41) is 21.3. The van der Waals surface area contributed by atoms with Crippen LogP contribution >= 0.6 is 11.8 Å². The summed E-state index contributed by atoms with van der Waals surface area (Å²) in [6.45, 7) is 5.97. The summed E-state index contributed by atoms with van der Waals surface area (Å²) >= 11 is 1.13. The molecular weight excluding hydrogens is 268 g/mol. The third-order valence-electron chi connectivity index (χ3n) is 2.30. The van der Waals surface area contributed by atoms with Crippen molar-refractivity contribution in [3.8, 4) is 11.5 Å². The first-order chi connectivity index (χ1) is 8.89. The molecule has 2 aromatic heterocycles. The number of carboxylic acid groups (broad SMARTS) is 1. The Morgan fingerprint density at radius 2 is 2.21 bits per heavy atom. The van der Waals surface area contributed by atoms with Crippen molar-refractivity contribution < 1.29 is 14.4 Å². The standard InChI is InChI=1S/C11H14N4O3S/c1-11(2,3)15-9(7-4-5-18-14-7)12-13-10(15)19-6-8(16)17/h4-5H,6H2,1-3H3,(H,16,17). The molecule has 0 spiro atoms. The van der Waals surface area contributed by atoms with Gasteiger partial charge in [0.15, 0.2) is 16.7 Å². The fraction of sp³-hybridized carbons (Fsp3) is 0.455. The number of hydrogen-bond acceptors (Lipinski definition) is 6.